The molecule has 1 aromatic carbocycles. The van der Waals surface area contributed by atoms with Crippen LogP contribution in [0.1, 0.15) is 12.8 Å². The second kappa shape index (κ2) is 4.78. The van der Waals surface area contributed by atoms with Gasteiger partial charge in [0.25, 0.3) is 5.91 Å². The summed E-state index contributed by atoms with van der Waals surface area (Å²) in [5.41, 5.74) is 1.21. The minimum atomic E-state index is -0.188. The number of anilines is 1. The van der Waals surface area contributed by atoms with Crippen LogP contribution in [0.15, 0.2) is 35.5 Å². The Hall–Kier alpha value is -1.88. The van der Waals surface area contributed by atoms with E-state index in [0.29, 0.717) is 12.3 Å². The number of oxime groups is 1. The van der Waals surface area contributed by atoms with E-state index in [9.17, 15) is 4.79 Å². The lowest BCUT2D eigenvalue weighted by molar-refractivity contribution is -0.111. The lowest BCUT2D eigenvalue weighted by atomic mass is 10.2. The first-order chi connectivity index (χ1) is 8.83. The maximum Gasteiger partial charge on any atom is 0.274 e. The molecule has 0 aliphatic carbocycles. The minimum Gasteiger partial charge on any atom is -0.376 e. The average Bonchev–Trinajstić information content (AvgIpc) is 2.87. The molecule has 0 saturated carbocycles. The third-order valence-corrected chi connectivity index (χ3v) is 3.23. The van der Waals surface area contributed by atoms with E-state index >= 15 is 0 Å². The number of hydrogen-bond donors (Lipinski definition) is 1. The molecule has 2 aliphatic heterocycles. The van der Waals surface area contributed by atoms with Crippen LogP contribution in [-0.2, 0) is 9.63 Å². The lowest BCUT2D eigenvalue weighted by Gasteiger charge is -2.26. The lowest BCUT2D eigenvalue weighted by Crippen LogP contribution is -2.43. The second-order valence-electron chi connectivity index (χ2n) is 4.53. The van der Waals surface area contributed by atoms with Crippen LogP contribution >= 0.6 is 0 Å². The van der Waals surface area contributed by atoms with Gasteiger partial charge in [0.05, 0.1) is 6.54 Å². The summed E-state index contributed by atoms with van der Waals surface area (Å²) in [7, 11) is 0. The predicted molar refractivity (Wildman–Crippen MR) is 68.2 cm³/mol. The Kier molecular flexibility index (Phi) is 2.98. The molecule has 1 unspecified atom stereocenters. The molecule has 3 rings (SSSR count). The monoisotopic (exact) mass is 245 g/mol. The predicted octanol–water partition coefficient (Wildman–Crippen LogP) is 1.43. The highest BCUT2D eigenvalue weighted by atomic mass is 16.7. The maximum atomic E-state index is 12.0. The molecule has 1 atom stereocenters. The van der Waals surface area contributed by atoms with E-state index in [1.54, 1.807) is 0 Å². The standard InChI is InChI=1S/C13H15N3O2/c17-13(14-10-5-2-1-3-6-10)11-9-16-8-4-7-12(16)18-15-11/h1-3,5-6,12H,4,7-9H2,(H,14,17). The molecular weight excluding hydrogens is 230 g/mol. The number of nitrogens with zero attached hydrogens (tertiary/aromatic N) is 2. The van der Waals surface area contributed by atoms with Gasteiger partial charge in [-0.25, -0.2) is 0 Å². The normalized spacial score (nSPS) is 22.9. The van der Waals surface area contributed by atoms with Gasteiger partial charge in [0, 0.05) is 18.7 Å². The number of benzene rings is 1. The number of para-hydroxylation sites is 1. The van der Waals surface area contributed by atoms with Crippen molar-refractivity contribution in [3.63, 3.8) is 0 Å². The van der Waals surface area contributed by atoms with Gasteiger partial charge >= 0.3 is 0 Å². The van der Waals surface area contributed by atoms with Crippen molar-refractivity contribution in [2.24, 2.45) is 5.16 Å². The number of fused-ring (bicyclic) bond motifs is 1. The summed E-state index contributed by atoms with van der Waals surface area (Å²) in [5.74, 6) is -0.188. The van der Waals surface area contributed by atoms with Gasteiger partial charge in [-0.2, -0.15) is 0 Å². The van der Waals surface area contributed by atoms with Crippen molar-refractivity contribution in [3.05, 3.63) is 30.3 Å². The van der Waals surface area contributed by atoms with Crippen molar-refractivity contribution in [1.29, 1.82) is 0 Å². The van der Waals surface area contributed by atoms with Crippen molar-refractivity contribution in [3.8, 4) is 0 Å². The Morgan fingerprint density at radius 1 is 1.39 bits per heavy atom. The molecule has 1 N–H and O–H groups in total. The van der Waals surface area contributed by atoms with Gasteiger partial charge < -0.3 is 10.2 Å². The topological polar surface area (TPSA) is 53.9 Å². The fourth-order valence-corrected chi connectivity index (χ4v) is 2.28. The summed E-state index contributed by atoms with van der Waals surface area (Å²) in [6, 6.07) is 9.36. The van der Waals surface area contributed by atoms with E-state index in [4.69, 9.17) is 4.84 Å². The SMILES string of the molecule is O=C(Nc1ccccc1)C1=NOC2CCCN2C1. The first kappa shape index (κ1) is 11.2. The van der Waals surface area contributed by atoms with Crippen LogP contribution in [0, 0.1) is 0 Å². The van der Waals surface area contributed by atoms with Crippen LogP contribution in [0.3, 0.4) is 0 Å². The van der Waals surface area contributed by atoms with Crippen LogP contribution in [0.5, 0.6) is 0 Å². The van der Waals surface area contributed by atoms with Gasteiger partial charge in [-0.1, -0.05) is 23.4 Å². The van der Waals surface area contributed by atoms with E-state index in [1.807, 2.05) is 30.3 Å². The molecule has 0 bridgehead atoms. The highest BCUT2D eigenvalue weighted by Crippen LogP contribution is 2.21. The third-order valence-electron chi connectivity index (χ3n) is 3.23. The average molecular weight is 245 g/mol. The van der Waals surface area contributed by atoms with Gasteiger partial charge in [0.1, 0.15) is 0 Å². The van der Waals surface area contributed by atoms with Gasteiger partial charge in [-0.05, 0) is 18.6 Å². The van der Waals surface area contributed by atoms with Gasteiger partial charge in [-0.15, -0.1) is 0 Å². The fraction of sp³-hybridized carbons (Fsp3) is 0.385. The molecule has 2 aliphatic rings. The molecule has 5 nitrogen and oxygen atoms in total. The summed E-state index contributed by atoms with van der Waals surface area (Å²) < 4.78 is 0. The fourth-order valence-electron chi connectivity index (χ4n) is 2.28. The highest BCUT2D eigenvalue weighted by Gasteiger charge is 2.32. The van der Waals surface area contributed by atoms with Crippen LogP contribution in [0.25, 0.3) is 0 Å². The van der Waals surface area contributed by atoms with E-state index in [0.717, 1.165) is 25.1 Å². The van der Waals surface area contributed by atoms with Crippen molar-refractivity contribution in [2.45, 2.75) is 19.1 Å². The largest absolute Gasteiger partial charge is 0.376 e. The summed E-state index contributed by atoms with van der Waals surface area (Å²) >= 11 is 0. The zero-order valence-corrected chi connectivity index (χ0v) is 10.0. The van der Waals surface area contributed by atoms with Crippen molar-refractivity contribution >= 4 is 17.3 Å². The molecule has 1 aromatic rings. The molecule has 1 amide bonds. The molecule has 0 spiro atoms. The summed E-state index contributed by atoms with van der Waals surface area (Å²) in [5, 5.41) is 6.75. The Morgan fingerprint density at radius 2 is 2.22 bits per heavy atom. The molecule has 18 heavy (non-hydrogen) atoms. The summed E-state index contributed by atoms with van der Waals surface area (Å²) in [6.07, 6.45) is 2.17. The van der Waals surface area contributed by atoms with Crippen LogP contribution < -0.4 is 5.32 Å². The third kappa shape index (κ3) is 2.22. The Morgan fingerprint density at radius 3 is 3.06 bits per heavy atom. The summed E-state index contributed by atoms with van der Waals surface area (Å²) in [6.45, 7) is 1.55. The van der Waals surface area contributed by atoms with Crippen LogP contribution in [-0.4, -0.2) is 35.8 Å². The number of hydrogen-bond acceptors (Lipinski definition) is 4. The molecule has 1 fully saturated rings. The summed E-state index contributed by atoms with van der Waals surface area (Å²) in [4.78, 5) is 19.5. The van der Waals surface area contributed by atoms with Crippen LogP contribution in [0.2, 0.25) is 0 Å². The molecule has 0 radical (unpaired) electrons. The number of rotatable bonds is 2. The number of carbonyl (C=O) groups excluding carboxylic acids is 1. The number of nitrogens with one attached hydrogen (secondary N) is 1. The van der Waals surface area contributed by atoms with E-state index in [2.05, 4.69) is 15.4 Å². The number of amides is 1. The Labute approximate surface area is 105 Å². The zero-order valence-electron chi connectivity index (χ0n) is 10.0. The quantitative estimate of drug-likeness (QED) is 0.857. The van der Waals surface area contributed by atoms with Crippen molar-refractivity contribution in [2.75, 3.05) is 18.4 Å². The van der Waals surface area contributed by atoms with Gasteiger partial charge in [0.2, 0.25) is 0 Å². The molecule has 1 saturated heterocycles. The van der Waals surface area contributed by atoms with Crippen LogP contribution in [0.4, 0.5) is 5.69 Å². The van der Waals surface area contributed by atoms with Gasteiger partial charge in [-0.3, -0.25) is 9.69 Å². The Balaban J connectivity index is 1.66. The molecule has 94 valence electrons. The van der Waals surface area contributed by atoms with E-state index in [-0.39, 0.29) is 12.1 Å². The van der Waals surface area contributed by atoms with Crippen molar-refractivity contribution in [1.82, 2.24) is 4.90 Å². The van der Waals surface area contributed by atoms with E-state index < -0.39 is 0 Å². The molecule has 2 heterocycles. The smallest absolute Gasteiger partial charge is 0.274 e. The minimum absolute atomic E-state index is 0.0678. The zero-order chi connectivity index (χ0) is 12.4. The Bertz CT molecular complexity index is 472. The molecular formula is C13H15N3O2. The molecule has 0 aromatic heterocycles. The molecule has 5 heteroatoms. The first-order valence-corrected chi connectivity index (χ1v) is 6.16. The van der Waals surface area contributed by atoms with Crippen molar-refractivity contribution < 1.29 is 9.63 Å². The second-order valence-corrected chi connectivity index (χ2v) is 4.53. The van der Waals surface area contributed by atoms with Gasteiger partial charge in [0.15, 0.2) is 11.9 Å². The number of carbonyl (C=O) groups is 1. The van der Waals surface area contributed by atoms with E-state index in [1.165, 1.54) is 0 Å². The highest BCUT2D eigenvalue weighted by molar-refractivity contribution is 6.43. The maximum absolute atomic E-state index is 12.0. The first-order valence-electron chi connectivity index (χ1n) is 6.16.